The van der Waals surface area contributed by atoms with E-state index in [-0.39, 0.29) is 22.3 Å². The highest BCUT2D eigenvalue weighted by Gasteiger charge is 2.49. The van der Waals surface area contributed by atoms with Gasteiger partial charge in [-0.25, -0.2) is 0 Å². The van der Waals surface area contributed by atoms with Gasteiger partial charge >= 0.3 is 0 Å². The Bertz CT molecular complexity index is 415. The van der Waals surface area contributed by atoms with Gasteiger partial charge in [0.2, 0.25) is 0 Å². The summed E-state index contributed by atoms with van der Waals surface area (Å²) in [6.45, 7) is 23.3. The molecule has 4 nitrogen and oxygen atoms in total. The summed E-state index contributed by atoms with van der Waals surface area (Å²) in [5, 5.41) is 0.483. The molecule has 4 atom stereocenters. The minimum absolute atomic E-state index is 0.242. The van der Waals surface area contributed by atoms with Crippen molar-refractivity contribution < 1.29 is 8.85 Å². The maximum atomic E-state index is 6.78. The Morgan fingerprint density at radius 2 is 1.00 bits per heavy atom. The number of fused-ring (bicyclic) bond motifs is 2. The molecule has 0 spiro atoms. The van der Waals surface area contributed by atoms with Gasteiger partial charge in [-0.15, -0.1) is 0 Å². The van der Waals surface area contributed by atoms with E-state index in [1.54, 1.807) is 0 Å². The molecule has 24 heavy (non-hydrogen) atoms. The van der Waals surface area contributed by atoms with Crippen LogP contribution >= 0.6 is 0 Å². The van der Waals surface area contributed by atoms with Gasteiger partial charge in [0, 0.05) is 18.5 Å². The highest BCUT2D eigenvalue weighted by atomic mass is 28.4. The first-order valence-corrected chi connectivity index (χ1v) is 15.3. The second-order valence-electron chi connectivity index (χ2n) is 10.8. The molecular weight excluding hydrogens is 332 g/mol. The van der Waals surface area contributed by atoms with Crippen LogP contribution in [0, 0.1) is 0 Å². The van der Waals surface area contributed by atoms with Gasteiger partial charge in [-0.3, -0.25) is 10.9 Å². The normalized spacial score (nSPS) is 32.2. The van der Waals surface area contributed by atoms with Gasteiger partial charge in [0.15, 0.2) is 16.6 Å². The van der Waals surface area contributed by atoms with Crippen LogP contribution in [0.15, 0.2) is 0 Å². The van der Waals surface area contributed by atoms with Crippen molar-refractivity contribution >= 4 is 16.6 Å². The molecule has 0 radical (unpaired) electrons. The van der Waals surface area contributed by atoms with Gasteiger partial charge in [-0.05, 0) is 42.7 Å². The monoisotopic (exact) mass is 372 g/mol. The third kappa shape index (κ3) is 4.15. The third-order valence-corrected chi connectivity index (χ3v) is 15.8. The van der Waals surface area contributed by atoms with Gasteiger partial charge in [-0.2, -0.15) is 0 Å². The Balaban J connectivity index is 2.11. The SMILES string of the molecule is CC(C)(C)[Si](C)(C)O[C@H]1C[C@@H](O[Si](C)(C)C(C)(C)C)[C@H]2C[C@@H]1NN2. The van der Waals surface area contributed by atoms with Gasteiger partial charge < -0.3 is 8.85 Å². The van der Waals surface area contributed by atoms with Gasteiger partial charge in [-0.1, -0.05) is 41.5 Å². The summed E-state index contributed by atoms with van der Waals surface area (Å²) >= 11 is 0. The summed E-state index contributed by atoms with van der Waals surface area (Å²) in [5.74, 6) is 0. The Morgan fingerprint density at radius 1 is 0.667 bits per heavy atom. The van der Waals surface area contributed by atoms with E-state index in [2.05, 4.69) is 78.6 Å². The molecule has 1 saturated carbocycles. The summed E-state index contributed by atoms with van der Waals surface area (Å²) in [4.78, 5) is 0. The van der Waals surface area contributed by atoms with Gasteiger partial charge in [0.25, 0.3) is 0 Å². The molecule has 2 bridgehead atoms. The largest absolute Gasteiger partial charge is 0.412 e. The van der Waals surface area contributed by atoms with E-state index in [0.717, 1.165) is 12.8 Å². The fraction of sp³-hybridized carbons (Fsp3) is 1.00. The Labute approximate surface area is 151 Å². The average molecular weight is 373 g/mol. The lowest BCUT2D eigenvalue weighted by Gasteiger charge is -2.46. The fourth-order valence-corrected chi connectivity index (χ4v) is 5.77. The summed E-state index contributed by atoms with van der Waals surface area (Å²) < 4.78 is 13.6. The summed E-state index contributed by atoms with van der Waals surface area (Å²) in [6, 6.07) is 0.840. The van der Waals surface area contributed by atoms with Crippen LogP contribution in [0.5, 0.6) is 0 Å². The zero-order valence-electron chi connectivity index (χ0n) is 17.5. The van der Waals surface area contributed by atoms with E-state index in [0.29, 0.717) is 12.1 Å². The van der Waals surface area contributed by atoms with Crippen LogP contribution in [0.4, 0.5) is 0 Å². The van der Waals surface area contributed by atoms with Crippen molar-refractivity contribution in [1.82, 2.24) is 10.9 Å². The summed E-state index contributed by atoms with van der Waals surface area (Å²) in [5.41, 5.74) is 6.96. The second kappa shape index (κ2) is 6.46. The smallest absolute Gasteiger partial charge is 0.192 e. The minimum Gasteiger partial charge on any atom is -0.412 e. The zero-order chi connectivity index (χ0) is 18.6. The molecule has 0 aromatic carbocycles. The van der Waals surface area contributed by atoms with Gasteiger partial charge in [0.1, 0.15) is 0 Å². The molecule has 2 rings (SSSR count). The van der Waals surface area contributed by atoms with E-state index >= 15 is 0 Å². The quantitative estimate of drug-likeness (QED) is 0.718. The third-order valence-electron chi connectivity index (χ3n) is 6.83. The van der Waals surface area contributed by atoms with Crippen molar-refractivity contribution in [3.8, 4) is 0 Å². The lowest BCUT2D eigenvalue weighted by Crippen LogP contribution is -2.54. The van der Waals surface area contributed by atoms with Crippen LogP contribution in [0.1, 0.15) is 54.4 Å². The maximum Gasteiger partial charge on any atom is 0.192 e. The van der Waals surface area contributed by atoms with Crippen molar-refractivity contribution in [2.24, 2.45) is 0 Å². The lowest BCUT2D eigenvalue weighted by molar-refractivity contribution is 0.0424. The van der Waals surface area contributed by atoms with Crippen molar-refractivity contribution in [3.63, 3.8) is 0 Å². The molecule has 1 aliphatic carbocycles. The van der Waals surface area contributed by atoms with Crippen LogP contribution in [-0.4, -0.2) is 40.9 Å². The van der Waals surface area contributed by atoms with E-state index in [1.165, 1.54) is 0 Å². The molecule has 1 aliphatic heterocycles. The molecule has 2 fully saturated rings. The molecule has 0 aromatic heterocycles. The van der Waals surface area contributed by atoms with E-state index < -0.39 is 16.6 Å². The predicted molar refractivity (Wildman–Crippen MR) is 107 cm³/mol. The summed E-state index contributed by atoms with van der Waals surface area (Å²) in [7, 11) is -3.54. The zero-order valence-corrected chi connectivity index (χ0v) is 19.5. The highest BCUT2D eigenvalue weighted by molar-refractivity contribution is 6.74. The van der Waals surface area contributed by atoms with Crippen LogP contribution < -0.4 is 10.9 Å². The van der Waals surface area contributed by atoms with E-state index in [4.69, 9.17) is 8.85 Å². The molecule has 0 unspecified atom stereocenters. The Kier molecular flexibility index (Phi) is 5.54. The van der Waals surface area contributed by atoms with Crippen molar-refractivity contribution in [1.29, 1.82) is 0 Å². The standard InChI is InChI=1S/C18H40N2O2Si2/c1-17(2,3)23(7,8)21-15-12-16(14-11-13(15)19-20-14)22-24(9,10)18(4,5)6/h13-16,19-20H,11-12H2,1-10H3/t13-,14+,15-,16+. The molecule has 0 aromatic rings. The van der Waals surface area contributed by atoms with E-state index in [1.807, 2.05) is 0 Å². The molecule has 1 heterocycles. The van der Waals surface area contributed by atoms with E-state index in [9.17, 15) is 0 Å². The van der Waals surface area contributed by atoms with Gasteiger partial charge in [0.05, 0.1) is 12.2 Å². The van der Waals surface area contributed by atoms with Crippen molar-refractivity contribution in [3.05, 3.63) is 0 Å². The molecule has 6 heteroatoms. The van der Waals surface area contributed by atoms with Crippen LogP contribution in [-0.2, 0) is 8.85 Å². The fourth-order valence-electron chi connectivity index (χ4n) is 3.02. The number of rotatable bonds is 4. The molecular formula is C18H40N2O2Si2. The first kappa shape index (κ1) is 20.6. The highest BCUT2D eigenvalue weighted by Crippen LogP contribution is 2.42. The van der Waals surface area contributed by atoms with Crippen LogP contribution in [0.25, 0.3) is 0 Å². The number of hydrogen-bond donors (Lipinski definition) is 2. The Morgan fingerprint density at radius 3 is 1.29 bits per heavy atom. The number of hydrogen-bond acceptors (Lipinski definition) is 4. The molecule has 1 saturated heterocycles. The number of nitrogens with one attached hydrogen (secondary N) is 2. The van der Waals surface area contributed by atoms with Crippen LogP contribution in [0.3, 0.4) is 0 Å². The average Bonchev–Trinajstić information content (AvgIpc) is 2.77. The van der Waals surface area contributed by atoms with Crippen LogP contribution in [0.2, 0.25) is 36.3 Å². The minimum atomic E-state index is -1.77. The molecule has 0 amide bonds. The first-order valence-electron chi connectivity index (χ1n) is 9.51. The maximum absolute atomic E-state index is 6.78. The molecule has 2 N–H and O–H groups in total. The molecule has 2 aliphatic rings. The second-order valence-corrected chi connectivity index (χ2v) is 20.3. The number of hydrazine groups is 1. The Hall–Kier alpha value is 0.274. The lowest BCUT2D eigenvalue weighted by atomic mass is 9.89. The summed E-state index contributed by atoms with van der Waals surface area (Å²) in [6.07, 6.45) is 2.63. The van der Waals surface area contributed by atoms with Crippen molar-refractivity contribution in [2.45, 2.75) is 115 Å². The first-order chi connectivity index (χ1) is 10.6. The van der Waals surface area contributed by atoms with Crippen molar-refractivity contribution in [2.75, 3.05) is 0 Å². The molecule has 142 valence electrons. The predicted octanol–water partition coefficient (Wildman–Crippen LogP) is 4.41. The topological polar surface area (TPSA) is 42.5 Å².